The van der Waals surface area contributed by atoms with Gasteiger partial charge in [-0.3, -0.25) is 4.79 Å². The highest BCUT2D eigenvalue weighted by Crippen LogP contribution is 2.29. The second-order valence-electron chi connectivity index (χ2n) is 7.89. The average Bonchev–Trinajstić information content (AvgIpc) is 3.44. The molecule has 0 saturated carbocycles. The number of pyridine rings is 1. The van der Waals surface area contributed by atoms with Crippen LogP contribution in [0.15, 0.2) is 54.9 Å². The minimum atomic E-state index is -0.104. The lowest BCUT2D eigenvalue weighted by atomic mass is 10.0. The van der Waals surface area contributed by atoms with Gasteiger partial charge in [-0.15, -0.1) is 11.3 Å². The van der Waals surface area contributed by atoms with E-state index in [1.54, 1.807) is 17.5 Å². The van der Waals surface area contributed by atoms with Gasteiger partial charge in [0.15, 0.2) is 0 Å². The lowest BCUT2D eigenvalue weighted by molar-refractivity contribution is 0.0694. The quantitative estimate of drug-likeness (QED) is 0.511. The Kier molecular flexibility index (Phi) is 5.53. The number of ether oxygens (including phenoxy) is 1. The number of nitrogens with zero attached hydrogens (tertiary/aromatic N) is 3. The van der Waals surface area contributed by atoms with Crippen LogP contribution in [0.1, 0.15) is 39.3 Å². The van der Waals surface area contributed by atoms with Gasteiger partial charge in [-0.05, 0) is 67.6 Å². The third-order valence-corrected chi connectivity index (χ3v) is 6.68. The number of rotatable bonds is 5. The van der Waals surface area contributed by atoms with Gasteiger partial charge in [0.25, 0.3) is 5.91 Å². The summed E-state index contributed by atoms with van der Waals surface area (Å²) in [7, 11) is 0. The smallest absolute Gasteiger partial charge is 0.270 e. The number of carbonyl (C=O) groups is 1. The van der Waals surface area contributed by atoms with Crippen molar-refractivity contribution in [3.8, 4) is 5.69 Å². The lowest BCUT2D eigenvalue weighted by Crippen LogP contribution is -2.39. The predicted octanol–water partition coefficient (Wildman–Crippen LogP) is 4.29. The van der Waals surface area contributed by atoms with Crippen LogP contribution in [0.4, 0.5) is 0 Å². The zero-order valence-electron chi connectivity index (χ0n) is 17.4. The van der Waals surface area contributed by atoms with Gasteiger partial charge in [0.2, 0.25) is 0 Å². The van der Waals surface area contributed by atoms with Gasteiger partial charge in [0.1, 0.15) is 5.69 Å². The molecule has 0 radical (unpaired) electrons. The molecular weight excluding hydrogens is 408 g/mol. The van der Waals surface area contributed by atoms with Crippen LogP contribution in [0.3, 0.4) is 0 Å². The van der Waals surface area contributed by atoms with Gasteiger partial charge >= 0.3 is 0 Å². The monoisotopic (exact) mass is 432 g/mol. The molecule has 31 heavy (non-hydrogen) atoms. The van der Waals surface area contributed by atoms with Crippen molar-refractivity contribution in [2.45, 2.75) is 32.2 Å². The van der Waals surface area contributed by atoms with Crippen molar-refractivity contribution in [3.05, 3.63) is 76.6 Å². The number of thiophene rings is 1. The Morgan fingerprint density at radius 3 is 2.77 bits per heavy atom. The molecule has 7 heteroatoms. The molecule has 1 aliphatic heterocycles. The maximum atomic E-state index is 12.9. The molecule has 0 aliphatic carbocycles. The highest BCUT2D eigenvalue weighted by Gasteiger charge is 2.19. The van der Waals surface area contributed by atoms with E-state index in [0.717, 1.165) is 40.7 Å². The summed E-state index contributed by atoms with van der Waals surface area (Å²) >= 11 is 1.73. The zero-order valence-corrected chi connectivity index (χ0v) is 18.2. The molecule has 0 unspecified atom stereocenters. The summed E-state index contributed by atoms with van der Waals surface area (Å²) in [4.78, 5) is 18.8. The molecular formula is C24H24N4O2S. The molecule has 3 aromatic heterocycles. The van der Waals surface area contributed by atoms with Crippen molar-refractivity contribution in [3.63, 3.8) is 0 Å². The topological polar surface area (TPSA) is 69.0 Å². The first-order valence-electron chi connectivity index (χ1n) is 10.5. The number of carbonyl (C=O) groups excluding carboxylic acids is 1. The van der Waals surface area contributed by atoms with Crippen LogP contribution in [0.5, 0.6) is 0 Å². The van der Waals surface area contributed by atoms with Gasteiger partial charge in [-0.25, -0.2) is 9.67 Å². The zero-order chi connectivity index (χ0) is 21.2. The van der Waals surface area contributed by atoms with Crippen LogP contribution >= 0.6 is 11.3 Å². The molecule has 158 valence electrons. The molecule has 6 nitrogen and oxygen atoms in total. The average molecular weight is 433 g/mol. The summed E-state index contributed by atoms with van der Waals surface area (Å²) in [6, 6.07) is 14.5. The van der Waals surface area contributed by atoms with Crippen LogP contribution in [0.25, 0.3) is 15.9 Å². The molecule has 1 amide bonds. The van der Waals surface area contributed by atoms with Gasteiger partial charge < -0.3 is 10.1 Å². The van der Waals surface area contributed by atoms with Crippen molar-refractivity contribution in [1.29, 1.82) is 0 Å². The highest BCUT2D eigenvalue weighted by atomic mass is 32.1. The highest BCUT2D eigenvalue weighted by molar-refractivity contribution is 7.19. The molecule has 1 aromatic carbocycles. The summed E-state index contributed by atoms with van der Waals surface area (Å²) in [5.41, 5.74) is 4.72. The van der Waals surface area contributed by atoms with E-state index in [2.05, 4.69) is 52.7 Å². The van der Waals surface area contributed by atoms with Gasteiger partial charge in [-0.2, -0.15) is 5.10 Å². The maximum Gasteiger partial charge on any atom is 0.270 e. The van der Waals surface area contributed by atoms with Crippen LogP contribution in [0.2, 0.25) is 0 Å². The molecule has 1 N–H and O–H groups in total. The summed E-state index contributed by atoms with van der Waals surface area (Å²) in [6.45, 7) is 3.47. The number of hydrogen-bond donors (Lipinski definition) is 1. The van der Waals surface area contributed by atoms with Crippen LogP contribution < -0.4 is 5.32 Å². The molecule has 0 spiro atoms. The van der Waals surface area contributed by atoms with Crippen LogP contribution in [-0.2, 0) is 11.2 Å². The lowest BCUT2D eigenvalue weighted by Gasteiger charge is -2.23. The number of benzene rings is 1. The number of fused-ring (bicyclic) bond motifs is 1. The van der Waals surface area contributed by atoms with Crippen molar-refractivity contribution >= 4 is 27.5 Å². The number of nitrogens with one attached hydrogen (secondary N) is 1. The Balaban J connectivity index is 1.42. The largest absolute Gasteiger partial charge is 0.381 e. The SMILES string of the molecule is Cc1cc2nc(C(=O)NC3CCOCC3)cc(Cc3ccc(-n4cccn4)cc3)c2s1. The minimum Gasteiger partial charge on any atom is -0.381 e. The normalized spacial score (nSPS) is 14.7. The number of hydrogen-bond acceptors (Lipinski definition) is 5. The molecule has 0 bridgehead atoms. The second kappa shape index (κ2) is 8.61. The van der Waals surface area contributed by atoms with E-state index in [0.29, 0.717) is 18.9 Å². The minimum absolute atomic E-state index is 0.104. The number of aromatic nitrogens is 3. The van der Waals surface area contributed by atoms with E-state index in [9.17, 15) is 4.79 Å². The van der Waals surface area contributed by atoms with Gasteiger partial charge in [-0.1, -0.05) is 12.1 Å². The molecule has 1 saturated heterocycles. The first-order valence-corrected chi connectivity index (χ1v) is 11.3. The Hall–Kier alpha value is -3.03. The van der Waals surface area contributed by atoms with Crippen LogP contribution in [-0.4, -0.2) is 39.9 Å². The van der Waals surface area contributed by atoms with Crippen molar-refractivity contribution in [2.24, 2.45) is 0 Å². The molecule has 4 heterocycles. The Morgan fingerprint density at radius 2 is 2.03 bits per heavy atom. The molecule has 0 atom stereocenters. The fourth-order valence-corrected chi connectivity index (χ4v) is 4.93. The number of amides is 1. The van der Waals surface area contributed by atoms with Crippen LogP contribution in [0, 0.1) is 6.92 Å². The van der Waals surface area contributed by atoms with E-state index < -0.39 is 0 Å². The van der Waals surface area contributed by atoms with E-state index in [4.69, 9.17) is 4.74 Å². The molecule has 1 fully saturated rings. The van der Waals surface area contributed by atoms with Crippen molar-refractivity contribution in [2.75, 3.05) is 13.2 Å². The fourth-order valence-electron chi connectivity index (χ4n) is 3.96. The van der Waals surface area contributed by atoms with Crippen molar-refractivity contribution in [1.82, 2.24) is 20.1 Å². The molecule has 1 aliphatic rings. The Bertz CT molecular complexity index is 1190. The van der Waals surface area contributed by atoms with Crippen molar-refractivity contribution < 1.29 is 9.53 Å². The predicted molar refractivity (Wildman–Crippen MR) is 122 cm³/mol. The summed E-state index contributed by atoms with van der Waals surface area (Å²) in [5, 5.41) is 7.41. The molecule has 5 rings (SSSR count). The third-order valence-electron chi connectivity index (χ3n) is 5.57. The first kappa shape index (κ1) is 19.9. The summed E-state index contributed by atoms with van der Waals surface area (Å²) in [6.07, 6.45) is 6.14. The standard InChI is InChI=1S/C24H24N4O2S/c1-16-13-21-23(31-16)18(14-17-3-5-20(6-4-17)28-10-2-9-25-28)15-22(27-21)24(29)26-19-7-11-30-12-8-19/h2-6,9-10,13,15,19H,7-8,11-12,14H2,1H3,(H,26,29). The summed E-state index contributed by atoms with van der Waals surface area (Å²) < 4.78 is 8.39. The number of aryl methyl sites for hydroxylation is 1. The van der Waals surface area contributed by atoms with E-state index in [1.807, 2.05) is 23.0 Å². The third kappa shape index (κ3) is 4.38. The van der Waals surface area contributed by atoms with Gasteiger partial charge in [0.05, 0.1) is 15.9 Å². The van der Waals surface area contributed by atoms with E-state index in [1.165, 1.54) is 10.4 Å². The summed E-state index contributed by atoms with van der Waals surface area (Å²) in [5.74, 6) is -0.104. The van der Waals surface area contributed by atoms with E-state index >= 15 is 0 Å². The maximum absolute atomic E-state index is 12.9. The second-order valence-corrected chi connectivity index (χ2v) is 9.15. The van der Waals surface area contributed by atoms with Gasteiger partial charge in [0, 0.05) is 36.5 Å². The molecule has 4 aromatic rings. The Morgan fingerprint density at radius 1 is 1.23 bits per heavy atom. The fraction of sp³-hybridized carbons (Fsp3) is 0.292. The Labute approximate surface area is 184 Å². The first-order chi connectivity index (χ1) is 15.2. The van der Waals surface area contributed by atoms with E-state index in [-0.39, 0.29) is 11.9 Å².